The van der Waals surface area contributed by atoms with Crippen molar-refractivity contribution in [2.45, 2.75) is 12.8 Å². The summed E-state index contributed by atoms with van der Waals surface area (Å²) < 4.78 is 5.20. The molecule has 1 aromatic heterocycles. The summed E-state index contributed by atoms with van der Waals surface area (Å²) in [7, 11) is 1.63. The van der Waals surface area contributed by atoms with Gasteiger partial charge in [0.05, 0.1) is 12.7 Å². The van der Waals surface area contributed by atoms with E-state index in [-0.39, 0.29) is 5.91 Å². The minimum absolute atomic E-state index is 0.108. The molecule has 5 heteroatoms. The molecule has 0 fully saturated rings. The molecule has 5 nitrogen and oxygen atoms in total. The minimum atomic E-state index is -0.108. The number of aryl methyl sites for hydroxylation is 1. The lowest BCUT2D eigenvalue weighted by molar-refractivity contribution is 0.0953. The van der Waals surface area contributed by atoms with Gasteiger partial charge >= 0.3 is 0 Å². The maximum absolute atomic E-state index is 12.2. The number of carbonyl (C=O) groups is 1. The van der Waals surface area contributed by atoms with Gasteiger partial charge in [-0.2, -0.15) is 0 Å². The molecule has 1 amide bonds. The lowest BCUT2D eigenvalue weighted by Gasteiger charge is -2.08. The SMILES string of the molecule is COc1cccc(Nc2ccc(C(=O)NCCCc3ccccc3)cn2)c1. The van der Waals surface area contributed by atoms with E-state index in [0.29, 0.717) is 17.9 Å². The summed E-state index contributed by atoms with van der Waals surface area (Å²) >= 11 is 0. The molecule has 0 radical (unpaired) electrons. The van der Waals surface area contributed by atoms with Crippen LogP contribution in [0.4, 0.5) is 11.5 Å². The fourth-order valence-corrected chi connectivity index (χ4v) is 2.69. The number of pyridine rings is 1. The number of rotatable bonds is 8. The van der Waals surface area contributed by atoms with Gasteiger partial charge in [-0.1, -0.05) is 36.4 Å². The predicted octanol–water partition coefficient (Wildman–Crippen LogP) is 4.20. The quantitative estimate of drug-likeness (QED) is 0.590. The number of hydrogen-bond acceptors (Lipinski definition) is 4. The molecule has 0 aliphatic heterocycles. The van der Waals surface area contributed by atoms with Crippen LogP contribution in [0.15, 0.2) is 72.9 Å². The normalized spacial score (nSPS) is 10.3. The molecule has 0 bridgehead atoms. The molecular weight excluding hydrogens is 338 g/mol. The van der Waals surface area contributed by atoms with Crippen LogP contribution in [-0.2, 0) is 6.42 Å². The van der Waals surface area contributed by atoms with Crippen molar-refractivity contribution in [1.82, 2.24) is 10.3 Å². The van der Waals surface area contributed by atoms with Gasteiger partial charge in [-0.3, -0.25) is 4.79 Å². The van der Waals surface area contributed by atoms with Gasteiger partial charge in [-0.25, -0.2) is 4.98 Å². The van der Waals surface area contributed by atoms with Gasteiger partial charge in [-0.05, 0) is 42.7 Å². The third-order valence-corrected chi connectivity index (χ3v) is 4.14. The Bertz CT molecular complexity index is 864. The molecule has 0 saturated heterocycles. The summed E-state index contributed by atoms with van der Waals surface area (Å²) in [6.45, 7) is 0.636. The standard InChI is InChI=1S/C22H23N3O2/c1-27-20-11-5-10-19(15-20)25-21-13-12-18(16-24-21)22(26)23-14-6-9-17-7-3-2-4-8-17/h2-5,7-8,10-13,15-16H,6,9,14H2,1H3,(H,23,26)(H,24,25). The number of ether oxygens (including phenoxy) is 1. The molecule has 0 spiro atoms. The number of anilines is 2. The maximum Gasteiger partial charge on any atom is 0.252 e. The van der Waals surface area contributed by atoms with Gasteiger partial charge in [0.2, 0.25) is 0 Å². The molecule has 138 valence electrons. The number of nitrogens with zero attached hydrogens (tertiary/aromatic N) is 1. The Hall–Kier alpha value is -3.34. The van der Waals surface area contributed by atoms with Crippen molar-refractivity contribution in [1.29, 1.82) is 0 Å². The molecule has 0 unspecified atom stereocenters. The van der Waals surface area contributed by atoms with Crippen molar-refractivity contribution in [2.24, 2.45) is 0 Å². The zero-order valence-electron chi connectivity index (χ0n) is 15.3. The lowest BCUT2D eigenvalue weighted by atomic mass is 10.1. The number of hydrogen-bond donors (Lipinski definition) is 2. The van der Waals surface area contributed by atoms with Gasteiger partial charge in [0.25, 0.3) is 5.91 Å². The zero-order valence-corrected chi connectivity index (χ0v) is 15.3. The predicted molar refractivity (Wildman–Crippen MR) is 108 cm³/mol. The monoisotopic (exact) mass is 361 g/mol. The van der Waals surface area contributed by atoms with E-state index < -0.39 is 0 Å². The first-order chi connectivity index (χ1) is 13.2. The van der Waals surface area contributed by atoms with E-state index in [1.807, 2.05) is 42.5 Å². The molecule has 0 aliphatic rings. The molecule has 27 heavy (non-hydrogen) atoms. The Kier molecular flexibility index (Phi) is 6.41. The summed E-state index contributed by atoms with van der Waals surface area (Å²) in [5.74, 6) is 1.33. The first kappa shape index (κ1) is 18.5. The molecule has 0 atom stereocenters. The number of amides is 1. The second kappa shape index (κ2) is 9.38. The number of benzene rings is 2. The number of aromatic nitrogens is 1. The Labute approximate surface area is 159 Å². The van der Waals surface area contributed by atoms with Gasteiger partial charge in [-0.15, -0.1) is 0 Å². The number of methoxy groups -OCH3 is 1. The largest absolute Gasteiger partial charge is 0.497 e. The zero-order chi connectivity index (χ0) is 18.9. The highest BCUT2D eigenvalue weighted by Gasteiger charge is 2.06. The summed E-state index contributed by atoms with van der Waals surface area (Å²) in [5.41, 5.74) is 2.70. The fraction of sp³-hybridized carbons (Fsp3) is 0.182. The average Bonchev–Trinajstić information content (AvgIpc) is 2.72. The van der Waals surface area contributed by atoms with E-state index in [1.54, 1.807) is 25.4 Å². The summed E-state index contributed by atoms with van der Waals surface area (Å²) in [6.07, 6.45) is 3.43. The van der Waals surface area contributed by atoms with E-state index in [0.717, 1.165) is 24.3 Å². The average molecular weight is 361 g/mol. The van der Waals surface area contributed by atoms with E-state index >= 15 is 0 Å². The molecule has 3 rings (SSSR count). The van der Waals surface area contributed by atoms with Gasteiger partial charge < -0.3 is 15.4 Å². The van der Waals surface area contributed by atoms with Crippen LogP contribution in [0, 0.1) is 0 Å². The molecule has 0 saturated carbocycles. The van der Waals surface area contributed by atoms with Gasteiger partial charge in [0, 0.05) is 24.5 Å². The van der Waals surface area contributed by atoms with E-state index in [2.05, 4.69) is 27.8 Å². The van der Waals surface area contributed by atoms with Crippen LogP contribution >= 0.6 is 0 Å². The highest BCUT2D eigenvalue weighted by molar-refractivity contribution is 5.94. The third kappa shape index (κ3) is 5.57. The van der Waals surface area contributed by atoms with Gasteiger partial charge in [0.15, 0.2) is 0 Å². The fourth-order valence-electron chi connectivity index (χ4n) is 2.69. The van der Waals surface area contributed by atoms with E-state index in [1.165, 1.54) is 5.56 Å². The summed E-state index contributed by atoms with van der Waals surface area (Å²) in [6, 6.07) is 21.4. The molecule has 0 aliphatic carbocycles. The Morgan fingerprint density at radius 1 is 1.04 bits per heavy atom. The van der Waals surface area contributed by atoms with Crippen molar-refractivity contribution >= 4 is 17.4 Å². The van der Waals surface area contributed by atoms with Crippen LogP contribution < -0.4 is 15.4 Å². The summed E-state index contributed by atoms with van der Waals surface area (Å²) in [4.78, 5) is 16.5. The molecular formula is C22H23N3O2. The molecule has 3 aromatic rings. The van der Waals surface area contributed by atoms with Crippen LogP contribution in [0.2, 0.25) is 0 Å². The smallest absolute Gasteiger partial charge is 0.252 e. The van der Waals surface area contributed by atoms with Crippen molar-refractivity contribution in [3.63, 3.8) is 0 Å². The summed E-state index contributed by atoms with van der Waals surface area (Å²) in [5, 5.41) is 6.13. The van der Waals surface area contributed by atoms with Crippen LogP contribution in [0.5, 0.6) is 5.75 Å². The van der Waals surface area contributed by atoms with Crippen molar-refractivity contribution < 1.29 is 9.53 Å². The third-order valence-electron chi connectivity index (χ3n) is 4.14. The minimum Gasteiger partial charge on any atom is -0.497 e. The first-order valence-corrected chi connectivity index (χ1v) is 8.94. The first-order valence-electron chi connectivity index (χ1n) is 8.94. The van der Waals surface area contributed by atoms with Crippen LogP contribution in [0.3, 0.4) is 0 Å². The van der Waals surface area contributed by atoms with Gasteiger partial charge in [0.1, 0.15) is 11.6 Å². The highest BCUT2D eigenvalue weighted by Crippen LogP contribution is 2.20. The van der Waals surface area contributed by atoms with E-state index in [4.69, 9.17) is 4.74 Å². The van der Waals surface area contributed by atoms with Crippen LogP contribution in [0.25, 0.3) is 0 Å². The Morgan fingerprint density at radius 2 is 1.89 bits per heavy atom. The van der Waals surface area contributed by atoms with Crippen LogP contribution in [0.1, 0.15) is 22.3 Å². The molecule has 2 aromatic carbocycles. The molecule has 1 heterocycles. The molecule has 2 N–H and O–H groups in total. The van der Waals surface area contributed by atoms with Crippen molar-refractivity contribution in [3.05, 3.63) is 84.1 Å². The Morgan fingerprint density at radius 3 is 2.63 bits per heavy atom. The second-order valence-corrected chi connectivity index (χ2v) is 6.13. The topological polar surface area (TPSA) is 63.2 Å². The van der Waals surface area contributed by atoms with Crippen molar-refractivity contribution in [2.75, 3.05) is 19.0 Å². The van der Waals surface area contributed by atoms with Crippen LogP contribution in [-0.4, -0.2) is 24.5 Å². The number of nitrogens with one attached hydrogen (secondary N) is 2. The lowest BCUT2D eigenvalue weighted by Crippen LogP contribution is -2.24. The second-order valence-electron chi connectivity index (χ2n) is 6.13. The highest BCUT2D eigenvalue weighted by atomic mass is 16.5. The Balaban J connectivity index is 1.48. The number of carbonyl (C=O) groups excluding carboxylic acids is 1. The van der Waals surface area contributed by atoms with E-state index in [9.17, 15) is 4.79 Å². The van der Waals surface area contributed by atoms with Crippen molar-refractivity contribution in [3.8, 4) is 5.75 Å². The maximum atomic E-state index is 12.2.